The largest absolute Gasteiger partial charge is 0.466 e. The molecule has 0 aliphatic carbocycles. The number of alkyl halides is 3. The monoisotopic (exact) mass is 432 g/mol. The lowest BCUT2D eigenvalue weighted by atomic mass is 9.74. The molecule has 0 bridgehead atoms. The van der Waals surface area contributed by atoms with Crippen molar-refractivity contribution in [2.24, 2.45) is 5.92 Å². The molecule has 0 saturated carbocycles. The molecule has 0 fully saturated rings. The first-order valence-electron chi connectivity index (χ1n) is 8.54. The Hall–Kier alpha value is -2.52. The molecule has 29 heavy (non-hydrogen) atoms. The SMILES string of the molecule is CCOC(=O)C1C(c2cccc(Cl)c2)c2c(cc(C)oc2=O)OC1(O)C(F)(F)F. The second-order valence-electron chi connectivity index (χ2n) is 6.48. The number of halogens is 4. The third-order valence-electron chi connectivity index (χ3n) is 4.56. The lowest BCUT2D eigenvalue weighted by Crippen LogP contribution is -2.62. The van der Waals surface area contributed by atoms with Gasteiger partial charge < -0.3 is 19.0 Å². The van der Waals surface area contributed by atoms with Crippen LogP contribution >= 0.6 is 11.6 Å². The summed E-state index contributed by atoms with van der Waals surface area (Å²) >= 11 is 5.97. The zero-order chi connectivity index (χ0) is 21.6. The first-order valence-corrected chi connectivity index (χ1v) is 8.92. The molecule has 1 N–H and O–H groups in total. The van der Waals surface area contributed by atoms with Crippen LogP contribution in [0.15, 0.2) is 39.5 Å². The van der Waals surface area contributed by atoms with Gasteiger partial charge in [0.25, 0.3) is 0 Å². The van der Waals surface area contributed by atoms with Crippen molar-refractivity contribution < 1.29 is 37.0 Å². The van der Waals surface area contributed by atoms with E-state index in [0.29, 0.717) is 0 Å². The number of ether oxygens (including phenoxy) is 2. The predicted molar refractivity (Wildman–Crippen MR) is 94.8 cm³/mol. The topological polar surface area (TPSA) is 86.0 Å². The van der Waals surface area contributed by atoms with Crippen LogP contribution in [0.25, 0.3) is 0 Å². The van der Waals surface area contributed by atoms with E-state index in [-0.39, 0.29) is 28.5 Å². The second-order valence-corrected chi connectivity index (χ2v) is 6.92. The van der Waals surface area contributed by atoms with Gasteiger partial charge in [0.1, 0.15) is 17.4 Å². The van der Waals surface area contributed by atoms with Gasteiger partial charge in [-0.2, -0.15) is 13.2 Å². The highest BCUT2D eigenvalue weighted by atomic mass is 35.5. The zero-order valence-electron chi connectivity index (χ0n) is 15.2. The van der Waals surface area contributed by atoms with Crippen molar-refractivity contribution in [1.29, 1.82) is 0 Å². The van der Waals surface area contributed by atoms with Crippen molar-refractivity contribution in [2.75, 3.05) is 6.61 Å². The highest BCUT2D eigenvalue weighted by molar-refractivity contribution is 6.30. The number of hydrogen-bond acceptors (Lipinski definition) is 6. The maximum atomic E-state index is 13.9. The van der Waals surface area contributed by atoms with Gasteiger partial charge in [-0.15, -0.1) is 0 Å². The molecule has 3 atom stereocenters. The van der Waals surface area contributed by atoms with Crippen LogP contribution in [0.2, 0.25) is 5.02 Å². The highest BCUT2D eigenvalue weighted by Crippen LogP contribution is 2.52. The number of aryl methyl sites for hydroxylation is 1. The summed E-state index contributed by atoms with van der Waals surface area (Å²) < 4.78 is 56.4. The Balaban J connectivity index is 2.38. The van der Waals surface area contributed by atoms with Crippen LogP contribution < -0.4 is 10.4 Å². The summed E-state index contributed by atoms with van der Waals surface area (Å²) in [5.74, 6) is -9.82. The van der Waals surface area contributed by atoms with Gasteiger partial charge in [-0.25, -0.2) is 4.79 Å². The van der Waals surface area contributed by atoms with E-state index in [2.05, 4.69) is 0 Å². The number of rotatable bonds is 3. The predicted octanol–water partition coefficient (Wildman–Crippen LogP) is 3.56. The highest BCUT2D eigenvalue weighted by Gasteiger charge is 2.69. The van der Waals surface area contributed by atoms with Crippen molar-refractivity contribution in [3.8, 4) is 5.75 Å². The van der Waals surface area contributed by atoms with Crippen LogP contribution in [0, 0.1) is 12.8 Å². The molecule has 0 saturated heterocycles. The minimum absolute atomic E-state index is 0.0299. The second kappa shape index (κ2) is 7.38. The normalized spacial score (nSPS) is 23.8. The minimum atomic E-state index is -5.39. The lowest BCUT2D eigenvalue weighted by Gasteiger charge is -2.43. The van der Waals surface area contributed by atoms with Crippen LogP contribution in [0.5, 0.6) is 5.75 Å². The minimum Gasteiger partial charge on any atom is -0.466 e. The van der Waals surface area contributed by atoms with Crippen LogP contribution in [0.4, 0.5) is 13.2 Å². The van der Waals surface area contributed by atoms with E-state index in [0.717, 1.165) is 6.07 Å². The molecule has 0 radical (unpaired) electrons. The van der Waals surface area contributed by atoms with Crippen molar-refractivity contribution >= 4 is 17.6 Å². The standard InChI is InChI=1S/C19H16ClF3O6/c1-3-27-17(25)15-13(10-5-4-6-11(20)8-10)14-12(7-9(2)28-16(14)24)29-18(15,26)19(21,22)23/h4-8,13,15,26H,3H2,1-2H3. The van der Waals surface area contributed by atoms with Gasteiger partial charge in [-0.1, -0.05) is 23.7 Å². The Bertz CT molecular complexity index is 1000. The van der Waals surface area contributed by atoms with Crippen LogP contribution in [-0.2, 0) is 9.53 Å². The fraction of sp³-hybridized carbons (Fsp3) is 0.368. The molecule has 3 rings (SSSR count). The summed E-state index contributed by atoms with van der Waals surface area (Å²) in [4.78, 5) is 25.1. The molecular weight excluding hydrogens is 417 g/mol. The van der Waals surface area contributed by atoms with E-state index >= 15 is 0 Å². The molecule has 1 aromatic carbocycles. The molecule has 10 heteroatoms. The Morgan fingerprint density at radius 1 is 1.34 bits per heavy atom. The summed E-state index contributed by atoms with van der Waals surface area (Å²) in [7, 11) is 0. The summed E-state index contributed by atoms with van der Waals surface area (Å²) in [6.07, 6.45) is -5.39. The first kappa shape index (κ1) is 21.2. The molecule has 3 unspecified atom stereocenters. The van der Waals surface area contributed by atoms with Gasteiger partial charge in [0, 0.05) is 17.0 Å². The summed E-state index contributed by atoms with van der Waals surface area (Å²) in [6, 6.07) is 6.64. The van der Waals surface area contributed by atoms with Gasteiger partial charge >= 0.3 is 23.6 Å². The lowest BCUT2D eigenvalue weighted by molar-refractivity contribution is -0.359. The third-order valence-corrected chi connectivity index (χ3v) is 4.79. The van der Waals surface area contributed by atoms with Gasteiger partial charge in [-0.05, 0) is 31.5 Å². The third kappa shape index (κ3) is 3.60. The van der Waals surface area contributed by atoms with Crippen molar-refractivity contribution in [3.63, 3.8) is 0 Å². The van der Waals surface area contributed by atoms with Gasteiger partial charge in [0.05, 0.1) is 12.2 Å². The summed E-state index contributed by atoms with van der Waals surface area (Å²) in [5, 5.41) is 10.7. The van der Waals surface area contributed by atoms with E-state index in [1.54, 1.807) is 0 Å². The molecule has 0 spiro atoms. The number of aliphatic hydroxyl groups is 1. The molecule has 1 aliphatic heterocycles. The van der Waals surface area contributed by atoms with Crippen molar-refractivity contribution in [2.45, 2.75) is 31.7 Å². The van der Waals surface area contributed by atoms with Crippen molar-refractivity contribution in [1.82, 2.24) is 0 Å². The smallest absolute Gasteiger partial charge is 0.456 e. The molecule has 1 aliphatic rings. The van der Waals surface area contributed by atoms with Gasteiger partial charge in [-0.3, -0.25) is 4.79 Å². The maximum absolute atomic E-state index is 13.9. The molecule has 156 valence electrons. The Kier molecular flexibility index (Phi) is 5.40. The molecule has 6 nitrogen and oxygen atoms in total. The van der Waals surface area contributed by atoms with Crippen LogP contribution in [0.1, 0.15) is 29.7 Å². The zero-order valence-corrected chi connectivity index (χ0v) is 16.0. The first-order chi connectivity index (χ1) is 13.5. The average Bonchev–Trinajstić information content (AvgIpc) is 2.59. The van der Waals surface area contributed by atoms with E-state index in [4.69, 9.17) is 25.5 Å². The molecule has 2 heterocycles. The summed E-state index contributed by atoms with van der Waals surface area (Å²) in [5.41, 5.74) is -1.26. The number of carbonyl (C=O) groups is 1. The molecule has 2 aromatic rings. The van der Waals surface area contributed by atoms with E-state index in [9.17, 15) is 27.9 Å². The number of fused-ring (bicyclic) bond motifs is 1. The van der Waals surface area contributed by atoms with Crippen molar-refractivity contribution in [3.05, 3.63) is 62.7 Å². The molecule has 1 aromatic heterocycles. The molecular formula is C19H16ClF3O6. The number of hydrogen-bond donors (Lipinski definition) is 1. The number of carbonyl (C=O) groups excluding carboxylic acids is 1. The fourth-order valence-electron chi connectivity index (χ4n) is 3.40. The van der Waals surface area contributed by atoms with E-state index < -0.39 is 41.1 Å². The van der Waals surface area contributed by atoms with Crippen LogP contribution in [0.3, 0.4) is 0 Å². The van der Waals surface area contributed by atoms with Gasteiger partial charge in [0.2, 0.25) is 0 Å². The summed E-state index contributed by atoms with van der Waals surface area (Å²) in [6.45, 7) is 2.48. The van der Waals surface area contributed by atoms with Gasteiger partial charge in [0.15, 0.2) is 0 Å². The average molecular weight is 433 g/mol. The van der Waals surface area contributed by atoms with E-state index in [1.165, 1.54) is 38.1 Å². The number of benzene rings is 1. The maximum Gasteiger partial charge on any atom is 0.456 e. The Labute approximate surface area is 167 Å². The van der Waals surface area contributed by atoms with E-state index in [1.807, 2.05) is 0 Å². The Morgan fingerprint density at radius 2 is 2.03 bits per heavy atom. The number of esters is 1. The Morgan fingerprint density at radius 3 is 2.62 bits per heavy atom. The quantitative estimate of drug-likeness (QED) is 0.746. The van der Waals surface area contributed by atoms with Crippen LogP contribution in [-0.4, -0.2) is 29.6 Å². The fourth-order valence-corrected chi connectivity index (χ4v) is 3.60. The molecule has 0 amide bonds.